The molecule has 30 heavy (non-hydrogen) atoms. The maximum Gasteiger partial charge on any atom is 0.225 e. The van der Waals surface area contributed by atoms with E-state index in [0.717, 1.165) is 18.7 Å². The van der Waals surface area contributed by atoms with Crippen LogP contribution in [0.2, 0.25) is 0 Å². The third-order valence-electron chi connectivity index (χ3n) is 5.55. The molecule has 0 bridgehead atoms. The van der Waals surface area contributed by atoms with E-state index in [4.69, 9.17) is 4.74 Å². The molecule has 0 radical (unpaired) electrons. The van der Waals surface area contributed by atoms with Crippen LogP contribution in [-0.2, 0) is 14.3 Å². The van der Waals surface area contributed by atoms with Gasteiger partial charge in [0.1, 0.15) is 0 Å². The first-order valence-electron chi connectivity index (χ1n) is 11.6. The number of nitrogens with zero attached hydrogens (tertiary/aromatic N) is 2. The Morgan fingerprint density at radius 3 is 2.33 bits per heavy atom. The van der Waals surface area contributed by atoms with Gasteiger partial charge in [-0.25, -0.2) is 0 Å². The van der Waals surface area contributed by atoms with Gasteiger partial charge in [0.2, 0.25) is 11.8 Å². The van der Waals surface area contributed by atoms with Gasteiger partial charge in [-0.15, -0.1) is 0 Å². The normalized spacial score (nSPS) is 14.1. The van der Waals surface area contributed by atoms with E-state index >= 15 is 0 Å². The van der Waals surface area contributed by atoms with Crippen LogP contribution in [0.25, 0.3) is 0 Å². The fraction of sp³-hybridized carbons (Fsp3) is 0.667. The van der Waals surface area contributed by atoms with Gasteiger partial charge in [-0.1, -0.05) is 57.2 Å². The molecular formula is C24H39N3O3. The van der Waals surface area contributed by atoms with Gasteiger partial charge in [-0.3, -0.25) is 9.59 Å². The number of para-hydroxylation sites is 1. The zero-order valence-electron chi connectivity index (χ0n) is 18.6. The lowest BCUT2D eigenvalue weighted by molar-refractivity contribution is -0.135. The Kier molecular flexibility index (Phi) is 12.1. The number of rotatable bonds is 14. The Labute approximate surface area is 182 Å². The Hall–Kier alpha value is -1.92. The molecule has 1 saturated heterocycles. The van der Waals surface area contributed by atoms with Crippen LogP contribution in [0.5, 0.6) is 0 Å². The second-order valence-electron chi connectivity index (χ2n) is 8.02. The average molecular weight is 418 g/mol. The van der Waals surface area contributed by atoms with Crippen LogP contribution in [0.4, 0.5) is 5.69 Å². The molecule has 0 aromatic heterocycles. The standard InChI is InChI=1S/C24H39N3O3/c1-2-3-4-5-6-10-15-26(17-14-24(29)27-18-20-30-21-19-27)16-13-23(28)25-22-11-8-7-9-12-22/h7-9,11-12H,2-6,10,13-21H2,1H3,(H,25,28). The maximum absolute atomic E-state index is 12.5. The summed E-state index contributed by atoms with van der Waals surface area (Å²) in [5.41, 5.74) is 0.826. The Balaban J connectivity index is 1.75. The number of benzene rings is 1. The number of carbonyl (C=O) groups excluding carboxylic acids is 2. The minimum Gasteiger partial charge on any atom is -0.378 e. The predicted octanol–water partition coefficient (Wildman–Crippen LogP) is 3.93. The van der Waals surface area contributed by atoms with E-state index in [2.05, 4.69) is 17.1 Å². The molecule has 1 fully saturated rings. The molecule has 0 unspecified atom stereocenters. The lowest BCUT2D eigenvalue weighted by Crippen LogP contribution is -2.42. The average Bonchev–Trinajstić information content (AvgIpc) is 2.78. The quantitative estimate of drug-likeness (QED) is 0.466. The number of unbranched alkanes of at least 4 members (excludes halogenated alkanes) is 5. The third-order valence-corrected chi connectivity index (χ3v) is 5.55. The van der Waals surface area contributed by atoms with Gasteiger partial charge < -0.3 is 19.9 Å². The van der Waals surface area contributed by atoms with Crippen LogP contribution in [0, 0.1) is 0 Å². The Morgan fingerprint density at radius 2 is 1.60 bits per heavy atom. The smallest absolute Gasteiger partial charge is 0.225 e. The number of hydrogen-bond donors (Lipinski definition) is 1. The fourth-order valence-corrected chi connectivity index (χ4v) is 3.68. The summed E-state index contributed by atoms with van der Waals surface area (Å²) in [5, 5.41) is 2.95. The zero-order valence-corrected chi connectivity index (χ0v) is 18.6. The number of hydrogen-bond acceptors (Lipinski definition) is 4. The molecule has 1 aromatic rings. The van der Waals surface area contributed by atoms with Crippen molar-refractivity contribution in [1.82, 2.24) is 9.80 Å². The lowest BCUT2D eigenvalue weighted by atomic mass is 10.1. The zero-order chi connectivity index (χ0) is 21.4. The number of anilines is 1. The van der Waals surface area contributed by atoms with Crippen LogP contribution in [0.3, 0.4) is 0 Å². The van der Waals surface area contributed by atoms with E-state index in [9.17, 15) is 9.59 Å². The topological polar surface area (TPSA) is 61.9 Å². The minimum atomic E-state index is 0.0219. The molecule has 6 heteroatoms. The van der Waals surface area contributed by atoms with Gasteiger partial charge in [0, 0.05) is 44.7 Å². The fourth-order valence-electron chi connectivity index (χ4n) is 3.68. The van der Waals surface area contributed by atoms with Gasteiger partial charge in [0.15, 0.2) is 0 Å². The number of amides is 2. The van der Waals surface area contributed by atoms with Crippen molar-refractivity contribution in [3.8, 4) is 0 Å². The van der Waals surface area contributed by atoms with Crippen LogP contribution in [0.1, 0.15) is 58.3 Å². The predicted molar refractivity (Wildman–Crippen MR) is 122 cm³/mol. The van der Waals surface area contributed by atoms with Gasteiger partial charge in [-0.05, 0) is 25.1 Å². The summed E-state index contributed by atoms with van der Waals surface area (Å²) < 4.78 is 5.33. The number of carbonyl (C=O) groups is 2. The SMILES string of the molecule is CCCCCCCCN(CCC(=O)Nc1ccccc1)CCC(=O)N1CCOCC1. The van der Waals surface area contributed by atoms with Gasteiger partial charge in [-0.2, -0.15) is 0 Å². The first-order valence-corrected chi connectivity index (χ1v) is 11.6. The number of nitrogens with one attached hydrogen (secondary N) is 1. The molecule has 1 aliphatic heterocycles. The molecular weight excluding hydrogens is 378 g/mol. The van der Waals surface area contributed by atoms with Crippen molar-refractivity contribution in [2.45, 2.75) is 58.3 Å². The van der Waals surface area contributed by atoms with Crippen molar-refractivity contribution in [1.29, 1.82) is 0 Å². The van der Waals surface area contributed by atoms with E-state index in [1.54, 1.807) is 0 Å². The van der Waals surface area contributed by atoms with E-state index in [-0.39, 0.29) is 11.8 Å². The Bertz CT molecular complexity index is 603. The monoisotopic (exact) mass is 417 g/mol. The highest BCUT2D eigenvalue weighted by Gasteiger charge is 2.18. The van der Waals surface area contributed by atoms with Crippen LogP contribution >= 0.6 is 0 Å². The summed E-state index contributed by atoms with van der Waals surface area (Å²) in [6, 6.07) is 9.55. The molecule has 6 nitrogen and oxygen atoms in total. The lowest BCUT2D eigenvalue weighted by Gasteiger charge is -2.28. The third kappa shape index (κ3) is 10.2. The summed E-state index contributed by atoms with van der Waals surface area (Å²) in [4.78, 5) is 29.0. The summed E-state index contributed by atoms with van der Waals surface area (Å²) in [7, 11) is 0. The van der Waals surface area contributed by atoms with Crippen LogP contribution < -0.4 is 5.32 Å². The number of ether oxygens (including phenoxy) is 1. The summed E-state index contributed by atoms with van der Waals surface area (Å²) in [5.74, 6) is 0.216. The second-order valence-corrected chi connectivity index (χ2v) is 8.02. The molecule has 168 valence electrons. The van der Waals surface area contributed by atoms with E-state index in [1.807, 2.05) is 35.2 Å². The molecule has 0 saturated carbocycles. The van der Waals surface area contributed by atoms with Crippen molar-refractivity contribution >= 4 is 17.5 Å². The molecule has 1 N–H and O–H groups in total. The van der Waals surface area contributed by atoms with Crippen LogP contribution in [0.15, 0.2) is 30.3 Å². The van der Waals surface area contributed by atoms with Gasteiger partial charge >= 0.3 is 0 Å². The number of morpholine rings is 1. The molecule has 2 rings (SSSR count). The summed E-state index contributed by atoms with van der Waals surface area (Å²) >= 11 is 0. The first-order chi connectivity index (χ1) is 14.7. The van der Waals surface area contributed by atoms with Gasteiger partial charge in [0.05, 0.1) is 13.2 Å². The highest BCUT2D eigenvalue weighted by atomic mass is 16.5. The highest BCUT2D eigenvalue weighted by Crippen LogP contribution is 2.09. The molecule has 1 aliphatic rings. The largest absolute Gasteiger partial charge is 0.378 e. The van der Waals surface area contributed by atoms with Crippen LogP contribution in [-0.4, -0.2) is 67.6 Å². The highest BCUT2D eigenvalue weighted by molar-refractivity contribution is 5.90. The molecule has 0 spiro atoms. The second kappa shape index (κ2) is 15.0. The van der Waals surface area contributed by atoms with Crippen molar-refractivity contribution < 1.29 is 14.3 Å². The van der Waals surface area contributed by atoms with Crippen molar-refractivity contribution in [2.24, 2.45) is 0 Å². The van der Waals surface area contributed by atoms with E-state index in [1.165, 1.54) is 32.1 Å². The molecule has 0 atom stereocenters. The summed E-state index contributed by atoms with van der Waals surface area (Å²) in [6.07, 6.45) is 8.41. The van der Waals surface area contributed by atoms with Crippen molar-refractivity contribution in [3.63, 3.8) is 0 Å². The van der Waals surface area contributed by atoms with Crippen molar-refractivity contribution in [3.05, 3.63) is 30.3 Å². The van der Waals surface area contributed by atoms with Gasteiger partial charge in [0.25, 0.3) is 0 Å². The van der Waals surface area contributed by atoms with E-state index < -0.39 is 0 Å². The molecule has 1 heterocycles. The van der Waals surface area contributed by atoms with Crippen molar-refractivity contribution in [2.75, 3.05) is 51.3 Å². The first kappa shape index (κ1) is 24.4. The molecule has 2 amide bonds. The minimum absolute atomic E-state index is 0.0219. The maximum atomic E-state index is 12.5. The molecule has 0 aliphatic carbocycles. The molecule has 1 aromatic carbocycles. The Morgan fingerprint density at radius 1 is 0.933 bits per heavy atom. The summed E-state index contributed by atoms with van der Waals surface area (Å²) in [6.45, 7) is 7.22. The van der Waals surface area contributed by atoms with E-state index in [0.29, 0.717) is 52.2 Å².